The van der Waals surface area contributed by atoms with E-state index in [2.05, 4.69) is 39.9 Å². The molecular formula is C23H28F3N3. The molecule has 0 spiro atoms. The monoisotopic (exact) mass is 403 g/mol. The van der Waals surface area contributed by atoms with Crippen molar-refractivity contribution in [3.05, 3.63) is 53.7 Å². The molecule has 1 N–H and O–H groups in total. The standard InChI is InChI=1S/C23H28F3N3/c1-15-11-12-29-18(13-15)27-19(16-7-9-17(10-8-16)23(24,25)26)20(29)28-22(5,6)14-21(2,3)4/h7-13,28H,14H2,1-6H3. The van der Waals surface area contributed by atoms with Crippen molar-refractivity contribution >= 4 is 11.5 Å². The molecule has 0 saturated heterocycles. The van der Waals surface area contributed by atoms with E-state index < -0.39 is 11.7 Å². The lowest BCUT2D eigenvalue weighted by atomic mass is 9.82. The molecule has 0 atom stereocenters. The molecule has 3 nitrogen and oxygen atoms in total. The maximum absolute atomic E-state index is 13.0. The van der Waals surface area contributed by atoms with Crippen molar-refractivity contribution in [3.8, 4) is 11.3 Å². The number of aromatic nitrogens is 2. The van der Waals surface area contributed by atoms with E-state index in [9.17, 15) is 13.2 Å². The van der Waals surface area contributed by atoms with Gasteiger partial charge in [-0.3, -0.25) is 4.40 Å². The summed E-state index contributed by atoms with van der Waals surface area (Å²) < 4.78 is 40.8. The molecule has 0 aliphatic heterocycles. The van der Waals surface area contributed by atoms with Crippen molar-refractivity contribution in [2.45, 2.75) is 59.7 Å². The summed E-state index contributed by atoms with van der Waals surface area (Å²) in [6, 6.07) is 9.14. The third-order valence-corrected chi connectivity index (χ3v) is 4.70. The minimum Gasteiger partial charge on any atom is -0.364 e. The first-order valence-electron chi connectivity index (χ1n) is 9.70. The van der Waals surface area contributed by atoms with Crippen LogP contribution in [-0.2, 0) is 6.18 Å². The van der Waals surface area contributed by atoms with E-state index in [1.165, 1.54) is 12.1 Å². The van der Waals surface area contributed by atoms with Crippen molar-refractivity contribution in [3.63, 3.8) is 0 Å². The minimum absolute atomic E-state index is 0.113. The van der Waals surface area contributed by atoms with E-state index in [0.717, 1.165) is 35.6 Å². The van der Waals surface area contributed by atoms with Gasteiger partial charge in [-0.25, -0.2) is 4.98 Å². The molecule has 0 fully saturated rings. The lowest BCUT2D eigenvalue weighted by molar-refractivity contribution is -0.137. The number of pyridine rings is 1. The predicted molar refractivity (Wildman–Crippen MR) is 112 cm³/mol. The van der Waals surface area contributed by atoms with Crippen LogP contribution in [0.1, 0.15) is 52.2 Å². The fourth-order valence-electron chi connectivity index (χ4n) is 3.97. The molecule has 6 heteroatoms. The summed E-state index contributed by atoms with van der Waals surface area (Å²) in [5, 5.41) is 3.61. The zero-order chi connectivity index (χ0) is 21.6. The third kappa shape index (κ3) is 4.92. The maximum atomic E-state index is 13.0. The van der Waals surface area contributed by atoms with Crippen LogP contribution < -0.4 is 5.32 Å². The molecule has 2 aromatic heterocycles. The highest BCUT2D eigenvalue weighted by Gasteiger charge is 2.31. The predicted octanol–water partition coefficient (Wildman–Crippen LogP) is 6.96. The van der Waals surface area contributed by atoms with Gasteiger partial charge in [0.2, 0.25) is 0 Å². The van der Waals surface area contributed by atoms with Crippen molar-refractivity contribution in [1.82, 2.24) is 9.38 Å². The molecule has 0 unspecified atom stereocenters. The fraction of sp³-hybridized carbons (Fsp3) is 0.435. The van der Waals surface area contributed by atoms with Crippen LogP contribution >= 0.6 is 0 Å². The van der Waals surface area contributed by atoms with Gasteiger partial charge in [0.25, 0.3) is 0 Å². The van der Waals surface area contributed by atoms with Crippen LogP contribution in [0.25, 0.3) is 16.9 Å². The number of anilines is 1. The molecule has 2 heterocycles. The number of aryl methyl sites for hydroxylation is 1. The second-order valence-electron chi connectivity index (χ2n) is 9.56. The number of imidazole rings is 1. The average molecular weight is 403 g/mol. The second kappa shape index (κ2) is 7.08. The van der Waals surface area contributed by atoms with Gasteiger partial charge in [-0.2, -0.15) is 13.2 Å². The van der Waals surface area contributed by atoms with Gasteiger partial charge >= 0.3 is 6.18 Å². The Labute approximate surface area is 170 Å². The Balaban J connectivity index is 2.10. The van der Waals surface area contributed by atoms with Gasteiger partial charge in [0.15, 0.2) is 0 Å². The molecular weight excluding hydrogens is 375 g/mol. The Kier molecular flexibility index (Phi) is 5.18. The molecule has 3 aromatic rings. The first-order chi connectivity index (χ1) is 13.3. The lowest BCUT2D eigenvalue weighted by Gasteiger charge is -2.34. The first kappa shape index (κ1) is 21.2. The molecule has 3 rings (SSSR count). The topological polar surface area (TPSA) is 29.3 Å². The summed E-state index contributed by atoms with van der Waals surface area (Å²) in [6.45, 7) is 12.8. The molecule has 0 saturated carbocycles. The molecule has 0 aliphatic rings. The quantitative estimate of drug-likeness (QED) is 0.510. The van der Waals surface area contributed by atoms with Crippen LogP contribution in [0.15, 0.2) is 42.6 Å². The number of alkyl halides is 3. The average Bonchev–Trinajstić information content (AvgIpc) is 2.88. The number of nitrogens with zero attached hydrogens (tertiary/aromatic N) is 2. The summed E-state index contributed by atoms with van der Waals surface area (Å²) in [5.41, 5.74) is 2.33. The zero-order valence-corrected chi connectivity index (χ0v) is 17.8. The third-order valence-electron chi connectivity index (χ3n) is 4.70. The molecule has 1 aromatic carbocycles. The van der Waals surface area contributed by atoms with Crippen LogP contribution in [0.5, 0.6) is 0 Å². The number of hydrogen-bond donors (Lipinski definition) is 1. The second-order valence-corrected chi connectivity index (χ2v) is 9.56. The van der Waals surface area contributed by atoms with Gasteiger partial charge in [-0.15, -0.1) is 0 Å². The van der Waals surface area contributed by atoms with E-state index in [4.69, 9.17) is 4.98 Å². The fourth-order valence-corrected chi connectivity index (χ4v) is 3.97. The number of nitrogens with one attached hydrogen (secondary N) is 1. The van der Waals surface area contributed by atoms with E-state index in [1.807, 2.05) is 29.7 Å². The van der Waals surface area contributed by atoms with Crippen LogP contribution in [0, 0.1) is 12.3 Å². The summed E-state index contributed by atoms with van der Waals surface area (Å²) in [6.07, 6.45) is -1.50. The summed E-state index contributed by atoms with van der Waals surface area (Å²) in [4.78, 5) is 4.74. The van der Waals surface area contributed by atoms with Crippen LogP contribution in [0.3, 0.4) is 0 Å². The molecule has 0 bridgehead atoms. The van der Waals surface area contributed by atoms with E-state index in [0.29, 0.717) is 11.3 Å². The van der Waals surface area contributed by atoms with E-state index >= 15 is 0 Å². The molecule has 29 heavy (non-hydrogen) atoms. The highest BCUT2D eigenvalue weighted by molar-refractivity contribution is 5.77. The number of rotatable bonds is 4. The molecule has 0 radical (unpaired) electrons. The van der Waals surface area contributed by atoms with Crippen molar-refractivity contribution in [2.75, 3.05) is 5.32 Å². The lowest BCUT2D eigenvalue weighted by Crippen LogP contribution is -2.36. The highest BCUT2D eigenvalue weighted by Crippen LogP contribution is 2.36. The Bertz CT molecular complexity index is 1010. The summed E-state index contributed by atoms with van der Waals surface area (Å²) in [7, 11) is 0. The Morgan fingerprint density at radius 1 is 0.966 bits per heavy atom. The molecule has 0 aliphatic carbocycles. The van der Waals surface area contributed by atoms with Crippen molar-refractivity contribution < 1.29 is 13.2 Å². The van der Waals surface area contributed by atoms with Gasteiger partial charge < -0.3 is 5.32 Å². The largest absolute Gasteiger partial charge is 0.416 e. The van der Waals surface area contributed by atoms with Crippen molar-refractivity contribution in [1.29, 1.82) is 0 Å². The zero-order valence-electron chi connectivity index (χ0n) is 17.8. The van der Waals surface area contributed by atoms with Gasteiger partial charge in [-0.05, 0) is 62.4 Å². The Morgan fingerprint density at radius 3 is 2.14 bits per heavy atom. The molecule has 0 amide bonds. The number of fused-ring (bicyclic) bond motifs is 1. The van der Waals surface area contributed by atoms with E-state index in [1.54, 1.807) is 0 Å². The van der Waals surface area contributed by atoms with Crippen molar-refractivity contribution in [2.24, 2.45) is 5.41 Å². The Hall–Kier alpha value is -2.50. The minimum atomic E-state index is -4.36. The van der Waals surface area contributed by atoms with Crippen LogP contribution in [-0.4, -0.2) is 14.9 Å². The van der Waals surface area contributed by atoms with E-state index in [-0.39, 0.29) is 11.0 Å². The molecule has 156 valence electrons. The maximum Gasteiger partial charge on any atom is 0.416 e. The normalized spacial score (nSPS) is 13.1. The summed E-state index contributed by atoms with van der Waals surface area (Å²) in [5.74, 6) is 0.786. The van der Waals surface area contributed by atoms with Gasteiger partial charge in [0, 0.05) is 17.3 Å². The highest BCUT2D eigenvalue weighted by atomic mass is 19.4. The van der Waals surface area contributed by atoms with Crippen LogP contribution in [0.4, 0.5) is 19.0 Å². The van der Waals surface area contributed by atoms with Crippen LogP contribution in [0.2, 0.25) is 0 Å². The smallest absolute Gasteiger partial charge is 0.364 e. The Morgan fingerprint density at radius 2 is 1.59 bits per heavy atom. The summed E-state index contributed by atoms with van der Waals surface area (Å²) >= 11 is 0. The first-order valence-corrected chi connectivity index (χ1v) is 9.70. The number of hydrogen-bond acceptors (Lipinski definition) is 2. The number of benzene rings is 1. The van der Waals surface area contributed by atoms with Gasteiger partial charge in [0.05, 0.1) is 5.56 Å². The van der Waals surface area contributed by atoms with Gasteiger partial charge in [-0.1, -0.05) is 32.9 Å². The van der Waals surface area contributed by atoms with Gasteiger partial charge in [0.1, 0.15) is 17.2 Å². The SMILES string of the molecule is Cc1ccn2c(NC(C)(C)CC(C)(C)C)c(-c3ccc(C(F)(F)F)cc3)nc2c1. The number of halogens is 3.